The Morgan fingerprint density at radius 2 is 2.23 bits per heavy atom. The summed E-state index contributed by atoms with van der Waals surface area (Å²) in [5, 5.41) is 0.557. The highest BCUT2D eigenvalue weighted by molar-refractivity contribution is 9.10. The first-order chi connectivity index (χ1) is 6.13. The van der Waals surface area contributed by atoms with Gasteiger partial charge in [-0.25, -0.2) is 0 Å². The van der Waals surface area contributed by atoms with E-state index in [0.29, 0.717) is 17.0 Å². The third kappa shape index (κ3) is 2.98. The largest absolute Gasteiger partial charge is 0.294 e. The van der Waals surface area contributed by atoms with E-state index >= 15 is 0 Å². The zero-order chi connectivity index (χ0) is 9.84. The fourth-order valence-electron chi connectivity index (χ4n) is 0.964. The monoisotopic (exact) mass is 258 g/mol. The number of benzene rings is 1. The first kappa shape index (κ1) is 10.5. The van der Waals surface area contributed by atoms with Crippen LogP contribution in [0.4, 0.5) is 0 Å². The van der Waals surface area contributed by atoms with Crippen molar-refractivity contribution in [1.29, 1.82) is 0 Å². The van der Waals surface area contributed by atoms with E-state index in [-0.39, 0.29) is 5.78 Å². The van der Waals surface area contributed by atoms with Crippen molar-refractivity contribution in [2.75, 3.05) is 0 Å². The molecule has 0 amide bonds. The van der Waals surface area contributed by atoms with Gasteiger partial charge in [-0.3, -0.25) is 4.79 Å². The maximum atomic E-state index is 11.4. The fourth-order valence-corrected chi connectivity index (χ4v) is 1.82. The minimum Gasteiger partial charge on any atom is -0.294 e. The second-order valence-corrected chi connectivity index (χ2v) is 3.93. The van der Waals surface area contributed by atoms with Crippen molar-refractivity contribution < 1.29 is 4.79 Å². The van der Waals surface area contributed by atoms with Crippen molar-refractivity contribution >= 4 is 33.3 Å². The number of hydrogen-bond acceptors (Lipinski definition) is 1. The molecule has 0 bridgehead atoms. The molecule has 0 saturated carbocycles. The Morgan fingerprint density at radius 3 is 2.77 bits per heavy atom. The summed E-state index contributed by atoms with van der Waals surface area (Å²) in [6, 6.07) is 5.14. The van der Waals surface area contributed by atoms with Crippen molar-refractivity contribution in [3.05, 3.63) is 45.9 Å². The molecule has 0 fully saturated rings. The lowest BCUT2D eigenvalue weighted by Crippen LogP contribution is -1.96. The summed E-state index contributed by atoms with van der Waals surface area (Å²) in [6.45, 7) is 3.51. The van der Waals surface area contributed by atoms with Crippen molar-refractivity contribution in [1.82, 2.24) is 0 Å². The number of Topliss-reactive ketones (excluding diaryl/α,β-unsaturated/α-hetero) is 1. The molecule has 0 aliphatic carbocycles. The number of allylic oxidation sites excluding steroid dienone is 1. The summed E-state index contributed by atoms with van der Waals surface area (Å²) in [4.78, 5) is 11.4. The van der Waals surface area contributed by atoms with Crippen molar-refractivity contribution in [2.45, 2.75) is 6.42 Å². The van der Waals surface area contributed by atoms with Gasteiger partial charge < -0.3 is 0 Å². The number of carbonyl (C=O) groups is 1. The molecule has 0 saturated heterocycles. The summed E-state index contributed by atoms with van der Waals surface area (Å²) in [6.07, 6.45) is 1.92. The third-order valence-corrected chi connectivity index (χ3v) is 2.19. The average molecular weight is 260 g/mol. The van der Waals surface area contributed by atoms with Crippen molar-refractivity contribution in [2.24, 2.45) is 0 Å². The lowest BCUT2D eigenvalue weighted by molar-refractivity contribution is 0.0996. The highest BCUT2D eigenvalue weighted by Gasteiger charge is 2.05. The number of halogens is 2. The molecule has 1 rings (SSSR count). The summed E-state index contributed by atoms with van der Waals surface area (Å²) >= 11 is 9.06. The molecule has 0 aliphatic rings. The molecule has 1 nitrogen and oxygen atoms in total. The Balaban J connectivity index is 3.00. The van der Waals surface area contributed by atoms with Crippen LogP contribution in [0.15, 0.2) is 35.3 Å². The van der Waals surface area contributed by atoms with Crippen LogP contribution in [0, 0.1) is 0 Å². The summed E-state index contributed by atoms with van der Waals surface area (Å²) in [5.41, 5.74) is 0.610. The molecule has 0 N–H and O–H groups in total. The molecule has 3 heteroatoms. The van der Waals surface area contributed by atoms with E-state index in [1.807, 2.05) is 0 Å². The molecule has 0 aliphatic heterocycles. The quantitative estimate of drug-likeness (QED) is 0.595. The van der Waals surface area contributed by atoms with Crippen LogP contribution in [0.2, 0.25) is 5.02 Å². The molecule has 0 aromatic heterocycles. The number of ketones is 1. The summed E-state index contributed by atoms with van der Waals surface area (Å²) < 4.78 is 0.812. The Morgan fingerprint density at radius 1 is 1.54 bits per heavy atom. The zero-order valence-electron chi connectivity index (χ0n) is 6.89. The van der Waals surface area contributed by atoms with Gasteiger partial charge in [-0.1, -0.05) is 33.6 Å². The van der Waals surface area contributed by atoms with Crippen LogP contribution in [0.5, 0.6) is 0 Å². The van der Waals surface area contributed by atoms with Gasteiger partial charge in [-0.15, -0.1) is 6.58 Å². The van der Waals surface area contributed by atoms with Crippen molar-refractivity contribution in [3.8, 4) is 0 Å². The maximum absolute atomic E-state index is 11.4. The second kappa shape index (κ2) is 4.58. The van der Waals surface area contributed by atoms with Crippen LogP contribution >= 0.6 is 27.5 Å². The lowest BCUT2D eigenvalue weighted by atomic mass is 10.1. The smallest absolute Gasteiger partial charge is 0.166 e. The molecular formula is C10H8BrClO. The standard InChI is InChI=1S/C10H8BrClO/c1-2-3-10(13)7-4-8(11)6-9(12)5-7/h2,4-6H,1,3H2. The normalized spacial score (nSPS) is 9.69. The number of hydrogen-bond donors (Lipinski definition) is 0. The molecule has 0 heterocycles. The topological polar surface area (TPSA) is 17.1 Å². The van der Waals surface area contributed by atoms with Gasteiger partial charge in [0, 0.05) is 21.5 Å². The molecule has 0 spiro atoms. The first-order valence-corrected chi connectivity index (χ1v) is 4.91. The van der Waals surface area contributed by atoms with E-state index in [1.54, 1.807) is 24.3 Å². The maximum Gasteiger partial charge on any atom is 0.166 e. The Kier molecular flexibility index (Phi) is 3.70. The molecule has 1 aromatic rings. The number of rotatable bonds is 3. The van der Waals surface area contributed by atoms with E-state index in [1.165, 1.54) is 0 Å². The molecule has 13 heavy (non-hydrogen) atoms. The zero-order valence-corrected chi connectivity index (χ0v) is 9.23. The Bertz CT molecular complexity index is 327. The fraction of sp³-hybridized carbons (Fsp3) is 0.100. The first-order valence-electron chi connectivity index (χ1n) is 3.73. The lowest BCUT2D eigenvalue weighted by Gasteiger charge is -1.99. The molecule has 0 radical (unpaired) electrons. The average Bonchev–Trinajstić information content (AvgIpc) is 2.03. The van der Waals surface area contributed by atoms with Gasteiger partial charge in [-0.05, 0) is 18.2 Å². The minimum absolute atomic E-state index is 0.0261. The van der Waals surface area contributed by atoms with E-state index in [4.69, 9.17) is 11.6 Å². The van der Waals surface area contributed by atoms with E-state index < -0.39 is 0 Å². The summed E-state index contributed by atoms with van der Waals surface area (Å²) in [7, 11) is 0. The van der Waals surface area contributed by atoms with Crippen LogP contribution in [0.25, 0.3) is 0 Å². The molecule has 0 atom stereocenters. The minimum atomic E-state index is 0.0261. The van der Waals surface area contributed by atoms with Gasteiger partial charge in [-0.2, -0.15) is 0 Å². The van der Waals surface area contributed by atoms with Crippen LogP contribution in [0.1, 0.15) is 16.8 Å². The van der Waals surface area contributed by atoms with E-state index in [2.05, 4.69) is 22.5 Å². The highest BCUT2D eigenvalue weighted by atomic mass is 79.9. The van der Waals surface area contributed by atoms with Crippen LogP contribution in [-0.4, -0.2) is 5.78 Å². The molecular weight excluding hydrogens is 251 g/mol. The third-order valence-electron chi connectivity index (χ3n) is 1.51. The molecule has 0 unspecified atom stereocenters. The van der Waals surface area contributed by atoms with E-state index in [0.717, 1.165) is 4.47 Å². The predicted molar refractivity (Wildman–Crippen MR) is 58.3 cm³/mol. The number of carbonyl (C=O) groups excluding carboxylic acids is 1. The SMILES string of the molecule is C=CCC(=O)c1cc(Cl)cc(Br)c1. The molecule has 1 aromatic carbocycles. The van der Waals surface area contributed by atoms with E-state index in [9.17, 15) is 4.79 Å². The van der Waals surface area contributed by atoms with Crippen LogP contribution in [-0.2, 0) is 0 Å². The Labute approximate surface area is 90.5 Å². The van der Waals surface area contributed by atoms with Gasteiger partial charge in [0.2, 0.25) is 0 Å². The van der Waals surface area contributed by atoms with Gasteiger partial charge in [0.05, 0.1) is 0 Å². The molecule has 68 valence electrons. The van der Waals surface area contributed by atoms with Crippen LogP contribution < -0.4 is 0 Å². The van der Waals surface area contributed by atoms with Gasteiger partial charge >= 0.3 is 0 Å². The van der Waals surface area contributed by atoms with Gasteiger partial charge in [0.1, 0.15) is 0 Å². The van der Waals surface area contributed by atoms with Gasteiger partial charge in [0.25, 0.3) is 0 Å². The highest BCUT2D eigenvalue weighted by Crippen LogP contribution is 2.20. The van der Waals surface area contributed by atoms with Gasteiger partial charge in [0.15, 0.2) is 5.78 Å². The second-order valence-electron chi connectivity index (χ2n) is 2.57. The van der Waals surface area contributed by atoms with Crippen LogP contribution in [0.3, 0.4) is 0 Å². The summed E-state index contributed by atoms with van der Waals surface area (Å²) in [5.74, 6) is 0.0261. The predicted octanol–water partition coefficient (Wildman–Crippen LogP) is 3.86. The van der Waals surface area contributed by atoms with Crippen molar-refractivity contribution in [3.63, 3.8) is 0 Å². The Hall–Kier alpha value is -0.600.